The van der Waals surface area contributed by atoms with Gasteiger partial charge in [-0.05, 0) is 44.0 Å². The second-order valence-electron chi connectivity index (χ2n) is 4.75. The number of para-hydroxylation sites is 1. The van der Waals surface area contributed by atoms with Crippen LogP contribution in [0.5, 0.6) is 0 Å². The van der Waals surface area contributed by atoms with Gasteiger partial charge in [0.1, 0.15) is 5.82 Å². The van der Waals surface area contributed by atoms with Crippen molar-refractivity contribution in [3.63, 3.8) is 0 Å². The summed E-state index contributed by atoms with van der Waals surface area (Å²) >= 11 is 0. The third-order valence-electron chi connectivity index (χ3n) is 3.05. The van der Waals surface area contributed by atoms with Gasteiger partial charge in [-0.25, -0.2) is 4.98 Å². The first-order valence-electron chi connectivity index (χ1n) is 6.74. The molecule has 1 heterocycles. The lowest BCUT2D eigenvalue weighted by molar-refractivity contribution is 0.733. The second kappa shape index (κ2) is 6.34. The van der Waals surface area contributed by atoms with Gasteiger partial charge in [0.25, 0.3) is 0 Å². The highest BCUT2D eigenvalue weighted by molar-refractivity contribution is 5.62. The first kappa shape index (κ1) is 13.6. The maximum atomic E-state index is 5.93. The maximum absolute atomic E-state index is 5.93. The van der Waals surface area contributed by atoms with Crippen LogP contribution >= 0.6 is 0 Å². The Bertz CT molecular complexity index is 508. The lowest BCUT2D eigenvalue weighted by Gasteiger charge is -2.25. The highest BCUT2D eigenvalue weighted by atomic mass is 15.2. The molecule has 2 rings (SSSR count). The summed E-state index contributed by atoms with van der Waals surface area (Å²) in [5.74, 6) is 1.01. The Kier molecular flexibility index (Phi) is 4.53. The van der Waals surface area contributed by atoms with E-state index in [-0.39, 0.29) is 6.04 Å². The van der Waals surface area contributed by atoms with E-state index in [2.05, 4.69) is 35.0 Å². The van der Waals surface area contributed by atoms with Gasteiger partial charge in [-0.3, -0.25) is 0 Å². The number of aromatic nitrogens is 1. The minimum absolute atomic E-state index is 0.137. The Morgan fingerprint density at radius 3 is 2.53 bits per heavy atom. The van der Waals surface area contributed by atoms with Crippen molar-refractivity contribution in [2.45, 2.75) is 26.3 Å². The topological polar surface area (TPSA) is 42.2 Å². The van der Waals surface area contributed by atoms with Crippen LogP contribution in [0.2, 0.25) is 0 Å². The van der Waals surface area contributed by atoms with Crippen molar-refractivity contribution in [3.8, 4) is 0 Å². The van der Waals surface area contributed by atoms with Crippen LogP contribution in [0, 0.1) is 0 Å². The van der Waals surface area contributed by atoms with Gasteiger partial charge in [0.2, 0.25) is 0 Å². The molecule has 2 N–H and O–H groups in total. The molecule has 0 amide bonds. The molecule has 0 saturated heterocycles. The average Bonchev–Trinajstić information content (AvgIpc) is 2.42. The van der Waals surface area contributed by atoms with Gasteiger partial charge >= 0.3 is 0 Å². The number of hydrogen-bond donors (Lipinski definition) is 1. The Morgan fingerprint density at radius 2 is 1.89 bits per heavy atom. The van der Waals surface area contributed by atoms with Gasteiger partial charge in [-0.1, -0.05) is 24.3 Å². The molecule has 0 bridgehead atoms. The van der Waals surface area contributed by atoms with Crippen LogP contribution in [0.3, 0.4) is 0 Å². The highest BCUT2D eigenvalue weighted by Gasteiger charge is 2.13. The molecule has 0 aliphatic rings. The molecule has 1 unspecified atom stereocenters. The van der Waals surface area contributed by atoms with Crippen molar-refractivity contribution in [1.29, 1.82) is 0 Å². The van der Waals surface area contributed by atoms with Crippen LogP contribution in [0.15, 0.2) is 48.7 Å². The molecule has 0 saturated carbocycles. The molecule has 3 nitrogen and oxygen atoms in total. The summed E-state index contributed by atoms with van der Waals surface area (Å²) < 4.78 is 0. The molecule has 1 atom stereocenters. The molecule has 0 aliphatic heterocycles. The van der Waals surface area contributed by atoms with Crippen LogP contribution in [-0.4, -0.2) is 17.6 Å². The van der Waals surface area contributed by atoms with Gasteiger partial charge in [-0.15, -0.1) is 0 Å². The Balaban J connectivity index is 2.38. The fourth-order valence-electron chi connectivity index (χ4n) is 2.24. The Labute approximate surface area is 115 Å². The van der Waals surface area contributed by atoms with Crippen LogP contribution < -0.4 is 10.6 Å². The predicted octanol–water partition coefficient (Wildman–Crippen LogP) is 3.13. The molecule has 3 heteroatoms. The van der Waals surface area contributed by atoms with Gasteiger partial charge in [-0.2, -0.15) is 0 Å². The number of nitrogens with zero attached hydrogens (tertiary/aromatic N) is 2. The van der Waals surface area contributed by atoms with E-state index < -0.39 is 0 Å². The monoisotopic (exact) mass is 255 g/mol. The number of hydrogen-bond acceptors (Lipinski definition) is 3. The number of benzene rings is 1. The number of anilines is 2. The van der Waals surface area contributed by atoms with Gasteiger partial charge in [0.05, 0.1) is 0 Å². The normalized spacial score (nSPS) is 12.2. The maximum Gasteiger partial charge on any atom is 0.136 e. The summed E-state index contributed by atoms with van der Waals surface area (Å²) in [4.78, 5) is 6.77. The van der Waals surface area contributed by atoms with Crippen LogP contribution in [-0.2, 0) is 6.42 Å². The average molecular weight is 255 g/mol. The first-order valence-corrected chi connectivity index (χ1v) is 6.74. The Hall–Kier alpha value is -1.87. The number of nitrogens with two attached hydrogens (primary N) is 1. The van der Waals surface area contributed by atoms with E-state index in [1.807, 2.05) is 37.4 Å². The molecule has 0 spiro atoms. The molecular weight excluding hydrogens is 234 g/mol. The molecule has 1 aromatic heterocycles. The lowest BCUT2D eigenvalue weighted by atomic mass is 10.1. The second-order valence-corrected chi connectivity index (χ2v) is 4.75. The zero-order valence-corrected chi connectivity index (χ0v) is 11.6. The standard InChI is InChI=1S/C16H21N3/c1-3-19(15-9-5-4-6-10-15)16-14(12-13(2)17)8-7-11-18-16/h4-11,13H,3,12,17H2,1-2H3. The summed E-state index contributed by atoms with van der Waals surface area (Å²) in [5.41, 5.74) is 8.29. The largest absolute Gasteiger partial charge is 0.328 e. The summed E-state index contributed by atoms with van der Waals surface area (Å²) in [6.45, 7) is 5.04. The summed E-state index contributed by atoms with van der Waals surface area (Å²) in [7, 11) is 0. The SMILES string of the molecule is CCN(c1ccccc1)c1ncccc1CC(C)N. The molecular formula is C16H21N3. The van der Waals surface area contributed by atoms with Gasteiger partial charge < -0.3 is 10.6 Å². The van der Waals surface area contributed by atoms with E-state index >= 15 is 0 Å². The molecule has 19 heavy (non-hydrogen) atoms. The van der Waals surface area contributed by atoms with Crippen molar-refractivity contribution in [2.24, 2.45) is 5.73 Å². The molecule has 1 aromatic carbocycles. The minimum Gasteiger partial charge on any atom is -0.328 e. The molecule has 2 aromatic rings. The van der Waals surface area contributed by atoms with Crippen molar-refractivity contribution in [1.82, 2.24) is 4.98 Å². The Morgan fingerprint density at radius 1 is 1.16 bits per heavy atom. The molecule has 100 valence electrons. The van der Waals surface area contributed by atoms with Crippen molar-refractivity contribution >= 4 is 11.5 Å². The molecule has 0 radical (unpaired) electrons. The zero-order valence-electron chi connectivity index (χ0n) is 11.6. The number of pyridine rings is 1. The van der Waals surface area contributed by atoms with E-state index in [1.165, 1.54) is 5.56 Å². The smallest absolute Gasteiger partial charge is 0.136 e. The van der Waals surface area contributed by atoms with E-state index in [1.54, 1.807) is 0 Å². The number of rotatable bonds is 5. The van der Waals surface area contributed by atoms with Crippen LogP contribution in [0.25, 0.3) is 0 Å². The summed E-state index contributed by atoms with van der Waals surface area (Å²) in [5, 5.41) is 0. The first-order chi connectivity index (χ1) is 9.22. The minimum atomic E-state index is 0.137. The fraction of sp³-hybridized carbons (Fsp3) is 0.312. The van der Waals surface area contributed by atoms with E-state index in [0.29, 0.717) is 0 Å². The predicted molar refractivity (Wildman–Crippen MR) is 80.7 cm³/mol. The van der Waals surface area contributed by atoms with E-state index in [9.17, 15) is 0 Å². The lowest BCUT2D eigenvalue weighted by Crippen LogP contribution is -2.23. The fourth-order valence-corrected chi connectivity index (χ4v) is 2.24. The molecule has 0 fully saturated rings. The summed E-state index contributed by atoms with van der Waals surface area (Å²) in [6, 6.07) is 14.5. The van der Waals surface area contributed by atoms with Gasteiger partial charge in [0.15, 0.2) is 0 Å². The quantitative estimate of drug-likeness (QED) is 0.892. The third kappa shape index (κ3) is 3.32. The highest BCUT2D eigenvalue weighted by Crippen LogP contribution is 2.26. The third-order valence-corrected chi connectivity index (χ3v) is 3.05. The van der Waals surface area contributed by atoms with Crippen molar-refractivity contribution in [2.75, 3.05) is 11.4 Å². The van der Waals surface area contributed by atoms with Crippen LogP contribution in [0.1, 0.15) is 19.4 Å². The summed E-state index contributed by atoms with van der Waals surface area (Å²) in [6.07, 6.45) is 2.68. The van der Waals surface area contributed by atoms with Crippen molar-refractivity contribution in [3.05, 3.63) is 54.2 Å². The van der Waals surface area contributed by atoms with E-state index in [0.717, 1.165) is 24.5 Å². The van der Waals surface area contributed by atoms with E-state index in [4.69, 9.17) is 5.73 Å². The van der Waals surface area contributed by atoms with Crippen LogP contribution in [0.4, 0.5) is 11.5 Å². The van der Waals surface area contributed by atoms with Crippen molar-refractivity contribution < 1.29 is 0 Å². The molecule has 0 aliphatic carbocycles. The zero-order chi connectivity index (χ0) is 13.7. The van der Waals surface area contributed by atoms with Gasteiger partial charge in [0, 0.05) is 24.5 Å².